The van der Waals surface area contributed by atoms with Gasteiger partial charge in [0.05, 0.1) is 0 Å². The number of halogens is 5. The van der Waals surface area contributed by atoms with Gasteiger partial charge >= 0.3 is 12.5 Å². The van der Waals surface area contributed by atoms with Crippen LogP contribution in [0, 0.1) is 5.41 Å². The molecule has 0 bridgehead atoms. The summed E-state index contributed by atoms with van der Waals surface area (Å²) in [6.45, 7) is 5.33. The maximum absolute atomic E-state index is 13.0. The Morgan fingerprint density at radius 1 is 1.06 bits per heavy atom. The molecule has 0 aromatic heterocycles. The third-order valence-corrected chi connectivity index (χ3v) is 2.41. The van der Waals surface area contributed by atoms with Crippen molar-refractivity contribution < 1.29 is 31.5 Å². The molecule has 1 aliphatic heterocycles. The van der Waals surface area contributed by atoms with E-state index in [1.165, 1.54) is 20.8 Å². The molecule has 0 aromatic carbocycles. The summed E-state index contributed by atoms with van der Waals surface area (Å²) >= 11 is 0. The van der Waals surface area contributed by atoms with Crippen molar-refractivity contribution in [3.8, 4) is 0 Å². The molecule has 1 aliphatic rings. The van der Waals surface area contributed by atoms with Gasteiger partial charge in [0.15, 0.2) is 5.79 Å². The molecule has 1 saturated heterocycles. The zero-order valence-corrected chi connectivity index (χ0v) is 9.15. The van der Waals surface area contributed by atoms with E-state index in [0.29, 0.717) is 0 Å². The first kappa shape index (κ1) is 13.6. The molecule has 0 amide bonds. The van der Waals surface area contributed by atoms with Gasteiger partial charge in [-0.2, -0.15) is 22.0 Å². The van der Waals surface area contributed by atoms with Gasteiger partial charge in [-0.05, 0) is 6.92 Å². The number of hydrogen-bond donors (Lipinski definition) is 0. The summed E-state index contributed by atoms with van der Waals surface area (Å²) in [7, 11) is 0. The monoisotopic (exact) mass is 249 g/mol. The van der Waals surface area contributed by atoms with Gasteiger partial charge in [0.2, 0.25) is 0 Å². The van der Waals surface area contributed by atoms with Crippen molar-refractivity contribution in [3.63, 3.8) is 0 Å². The van der Waals surface area contributed by atoms with Gasteiger partial charge in [-0.15, -0.1) is 0 Å². The van der Waals surface area contributed by atoms with E-state index in [9.17, 15) is 22.0 Å². The average molecular weight is 249 g/mol. The third kappa shape index (κ3) is 2.14. The van der Waals surface area contributed by atoms with Crippen LogP contribution < -0.4 is 0 Å². The largest absolute Gasteiger partial charge is 0.490 e. The van der Waals surface area contributed by atoms with Crippen LogP contribution in [0.2, 0.25) is 0 Å². The van der Waals surface area contributed by atoms with Crippen LogP contribution in [0.4, 0.5) is 22.0 Å². The van der Waals surface area contributed by atoms with Crippen molar-refractivity contribution in [2.45, 2.75) is 46.0 Å². The summed E-state index contributed by atoms with van der Waals surface area (Å²) in [5.74, 6) is -2.05. The summed E-state index contributed by atoms with van der Waals surface area (Å²) in [6, 6.07) is 0. The van der Waals surface area contributed by atoms with E-state index in [1.807, 2.05) is 0 Å². The third-order valence-electron chi connectivity index (χ3n) is 2.41. The summed E-state index contributed by atoms with van der Waals surface area (Å²) in [5.41, 5.74) is -1.05. The van der Waals surface area contributed by atoms with Crippen LogP contribution in [-0.4, -0.2) is 23.4 Å². The maximum atomic E-state index is 13.0. The first-order valence-electron chi connectivity index (χ1n) is 4.44. The summed E-state index contributed by atoms with van der Waals surface area (Å²) in [6.07, 6.45) is -9.85. The Morgan fingerprint density at radius 3 is 1.69 bits per heavy atom. The van der Waals surface area contributed by atoms with E-state index in [1.54, 1.807) is 0 Å². The van der Waals surface area contributed by atoms with Gasteiger partial charge in [-0.3, -0.25) is 4.74 Å². The van der Waals surface area contributed by atoms with Crippen LogP contribution in [-0.2, 0) is 9.57 Å². The Hall–Kier alpha value is -0.470. The highest BCUT2D eigenvalue weighted by Crippen LogP contribution is 2.50. The average Bonchev–Trinajstić information content (AvgIpc) is 2.19. The number of nitrogens with zero attached hydrogens (tertiary/aromatic N) is 1. The fourth-order valence-corrected chi connectivity index (χ4v) is 1.01. The minimum absolute atomic E-state index is 1.03. The predicted octanol–water partition coefficient (Wildman–Crippen LogP) is 3.08. The maximum Gasteiger partial charge on any atom is 0.490 e. The Morgan fingerprint density at radius 2 is 1.50 bits per heavy atom. The lowest BCUT2D eigenvalue weighted by Crippen LogP contribution is -2.46. The molecule has 0 aliphatic carbocycles. The Bertz CT molecular complexity index is 285. The SMILES string of the molecule is CC(C)(C)C1(C)ON(C(F)(F)F)C(F)(F)O1. The van der Waals surface area contributed by atoms with E-state index in [-0.39, 0.29) is 0 Å². The van der Waals surface area contributed by atoms with Crippen LogP contribution in [0.5, 0.6) is 0 Å². The lowest BCUT2D eigenvalue weighted by Gasteiger charge is -2.34. The molecule has 3 nitrogen and oxygen atoms in total. The molecule has 1 heterocycles. The number of rotatable bonds is 0. The predicted molar refractivity (Wildman–Crippen MR) is 42.9 cm³/mol. The van der Waals surface area contributed by atoms with Crippen LogP contribution in [0.1, 0.15) is 27.7 Å². The van der Waals surface area contributed by atoms with Crippen LogP contribution in [0.3, 0.4) is 0 Å². The van der Waals surface area contributed by atoms with Crippen molar-refractivity contribution in [2.24, 2.45) is 5.41 Å². The highest BCUT2D eigenvalue weighted by molar-refractivity contribution is 4.84. The van der Waals surface area contributed by atoms with Gasteiger partial charge in [0, 0.05) is 10.5 Å². The smallest absolute Gasteiger partial charge is 0.270 e. The van der Waals surface area contributed by atoms with Crippen molar-refractivity contribution in [1.29, 1.82) is 0 Å². The van der Waals surface area contributed by atoms with Crippen molar-refractivity contribution in [1.82, 2.24) is 5.06 Å². The standard InChI is InChI=1S/C8H12F5NO2/c1-5(2,3)6(4)15-8(12,13)14(16-6)7(9,10)11/h1-4H3. The topological polar surface area (TPSA) is 21.7 Å². The molecular formula is C8H12F5NO2. The molecule has 0 radical (unpaired) electrons. The Balaban J connectivity index is 3.05. The Labute approximate surface area is 89.1 Å². The number of hydroxylamine groups is 2. The lowest BCUT2D eigenvalue weighted by atomic mass is 9.87. The normalized spacial score (nSPS) is 32.1. The van der Waals surface area contributed by atoms with E-state index < -0.39 is 28.8 Å². The van der Waals surface area contributed by atoms with Crippen molar-refractivity contribution in [2.75, 3.05) is 0 Å². The number of alkyl halides is 5. The second kappa shape index (κ2) is 3.27. The van der Waals surface area contributed by atoms with Crippen molar-refractivity contribution in [3.05, 3.63) is 0 Å². The van der Waals surface area contributed by atoms with Crippen molar-refractivity contribution >= 4 is 0 Å². The van der Waals surface area contributed by atoms with Crippen LogP contribution in [0.15, 0.2) is 0 Å². The summed E-state index contributed by atoms with van der Waals surface area (Å²) in [4.78, 5) is 4.23. The lowest BCUT2D eigenvalue weighted by molar-refractivity contribution is -0.445. The molecule has 96 valence electrons. The highest BCUT2D eigenvalue weighted by atomic mass is 19.4. The zero-order valence-electron chi connectivity index (χ0n) is 9.15. The first-order chi connectivity index (χ1) is 6.80. The molecule has 16 heavy (non-hydrogen) atoms. The van der Waals surface area contributed by atoms with Gasteiger partial charge < -0.3 is 0 Å². The molecular weight excluding hydrogens is 237 g/mol. The molecule has 0 N–H and O–H groups in total. The minimum atomic E-state index is -5.33. The van der Waals surface area contributed by atoms with Crippen LogP contribution in [0.25, 0.3) is 0 Å². The van der Waals surface area contributed by atoms with Gasteiger partial charge in [-0.25, -0.2) is 4.84 Å². The van der Waals surface area contributed by atoms with E-state index in [0.717, 1.165) is 6.92 Å². The first-order valence-corrected chi connectivity index (χ1v) is 4.44. The quantitative estimate of drug-likeness (QED) is 0.486. The zero-order chi connectivity index (χ0) is 13.0. The highest BCUT2D eigenvalue weighted by Gasteiger charge is 2.68. The summed E-state index contributed by atoms with van der Waals surface area (Å²) in [5, 5.41) is -1.37. The molecule has 1 fully saturated rings. The summed E-state index contributed by atoms with van der Waals surface area (Å²) < 4.78 is 66.8. The minimum Gasteiger partial charge on any atom is -0.270 e. The second-order valence-corrected chi connectivity index (χ2v) is 4.64. The molecule has 1 atom stereocenters. The second-order valence-electron chi connectivity index (χ2n) is 4.64. The molecule has 1 rings (SSSR count). The van der Waals surface area contributed by atoms with E-state index >= 15 is 0 Å². The van der Waals surface area contributed by atoms with E-state index in [2.05, 4.69) is 9.57 Å². The molecule has 1 unspecified atom stereocenters. The van der Waals surface area contributed by atoms with Crippen LogP contribution >= 0.6 is 0 Å². The van der Waals surface area contributed by atoms with Gasteiger partial charge in [0.25, 0.3) is 0 Å². The fourth-order valence-electron chi connectivity index (χ4n) is 1.01. The van der Waals surface area contributed by atoms with E-state index in [4.69, 9.17) is 0 Å². The molecule has 0 aromatic rings. The number of hydrogen-bond acceptors (Lipinski definition) is 3. The Kier molecular flexibility index (Phi) is 2.78. The number of ether oxygens (including phenoxy) is 1. The molecule has 0 spiro atoms. The molecule has 8 heteroatoms. The van der Waals surface area contributed by atoms with Gasteiger partial charge in [-0.1, -0.05) is 20.8 Å². The van der Waals surface area contributed by atoms with Gasteiger partial charge in [0.1, 0.15) is 0 Å². The molecule has 0 saturated carbocycles. The fraction of sp³-hybridized carbons (Fsp3) is 1.00.